The van der Waals surface area contributed by atoms with Crippen LogP contribution in [0.1, 0.15) is 33.7 Å². The van der Waals surface area contributed by atoms with Crippen molar-refractivity contribution in [2.75, 3.05) is 11.9 Å². The molecule has 0 bridgehead atoms. The predicted molar refractivity (Wildman–Crippen MR) is 95.1 cm³/mol. The molecule has 8 heteroatoms. The van der Waals surface area contributed by atoms with Crippen molar-refractivity contribution < 1.29 is 19.1 Å². The Morgan fingerprint density at radius 2 is 1.96 bits per heavy atom. The summed E-state index contributed by atoms with van der Waals surface area (Å²) in [6.07, 6.45) is 3.30. The summed E-state index contributed by atoms with van der Waals surface area (Å²) < 4.78 is 4.92. The van der Waals surface area contributed by atoms with Crippen LogP contribution in [0.2, 0.25) is 5.02 Å². The van der Waals surface area contributed by atoms with Gasteiger partial charge < -0.3 is 15.4 Å². The van der Waals surface area contributed by atoms with E-state index in [4.69, 9.17) is 16.3 Å². The van der Waals surface area contributed by atoms with Gasteiger partial charge in [0.2, 0.25) is 0 Å². The number of nitrogens with zero attached hydrogens (tertiary/aromatic N) is 1. The zero-order valence-corrected chi connectivity index (χ0v) is 14.5. The van der Waals surface area contributed by atoms with Gasteiger partial charge in [0.1, 0.15) is 5.69 Å². The number of ether oxygens (including phenoxy) is 1. The molecule has 1 aromatic heterocycles. The van der Waals surface area contributed by atoms with Gasteiger partial charge in [-0.25, -0.2) is 9.78 Å². The van der Waals surface area contributed by atoms with Crippen LogP contribution in [-0.4, -0.2) is 35.4 Å². The van der Waals surface area contributed by atoms with Gasteiger partial charge in [0, 0.05) is 17.3 Å². The van der Waals surface area contributed by atoms with Crippen molar-refractivity contribution >= 4 is 35.1 Å². The van der Waals surface area contributed by atoms with Crippen LogP contribution in [0.5, 0.6) is 0 Å². The van der Waals surface area contributed by atoms with Gasteiger partial charge in [-0.2, -0.15) is 0 Å². The molecular weight excluding hydrogens is 358 g/mol. The minimum atomic E-state index is -0.762. The summed E-state index contributed by atoms with van der Waals surface area (Å²) in [6.45, 7) is -0.508. The smallest absolute Gasteiger partial charge is 0.357 e. The molecule has 1 aromatic carbocycles. The Morgan fingerprint density at radius 1 is 1.19 bits per heavy atom. The average molecular weight is 374 g/mol. The van der Waals surface area contributed by atoms with Crippen molar-refractivity contribution in [3.8, 4) is 0 Å². The molecule has 0 unspecified atom stereocenters. The summed E-state index contributed by atoms with van der Waals surface area (Å²) in [7, 11) is 0. The molecule has 1 saturated carbocycles. The lowest BCUT2D eigenvalue weighted by atomic mass is 10.1. The van der Waals surface area contributed by atoms with Gasteiger partial charge in [0.05, 0.1) is 11.3 Å². The number of esters is 1. The molecule has 0 radical (unpaired) electrons. The maximum absolute atomic E-state index is 12.2. The molecule has 2 N–H and O–H groups in total. The summed E-state index contributed by atoms with van der Waals surface area (Å²) in [5.41, 5.74) is 0.720. The normalized spacial score (nSPS) is 13.0. The van der Waals surface area contributed by atoms with Gasteiger partial charge in [-0.15, -0.1) is 0 Å². The molecular formula is C18H16ClN3O4. The molecule has 3 rings (SSSR count). The number of aromatic nitrogens is 1. The van der Waals surface area contributed by atoms with Crippen LogP contribution in [-0.2, 0) is 9.53 Å². The SMILES string of the molecule is O=C(COC(=O)c1cc(Cl)ccn1)Nc1ccccc1C(=O)NC1CC1. The number of hydrogen-bond acceptors (Lipinski definition) is 5. The fourth-order valence-corrected chi connectivity index (χ4v) is 2.35. The first kappa shape index (κ1) is 17.9. The van der Waals surface area contributed by atoms with Gasteiger partial charge in [0.15, 0.2) is 6.61 Å². The average Bonchev–Trinajstić information content (AvgIpc) is 3.44. The number of nitrogens with one attached hydrogen (secondary N) is 2. The van der Waals surface area contributed by atoms with Crippen LogP contribution in [0, 0.1) is 0 Å². The maximum atomic E-state index is 12.2. The number of amides is 2. The second-order valence-corrected chi connectivity index (χ2v) is 6.21. The topological polar surface area (TPSA) is 97.4 Å². The number of benzene rings is 1. The molecule has 0 atom stereocenters. The highest BCUT2D eigenvalue weighted by Gasteiger charge is 2.25. The van der Waals surface area contributed by atoms with Gasteiger partial charge in [0.25, 0.3) is 11.8 Å². The molecule has 7 nitrogen and oxygen atoms in total. The van der Waals surface area contributed by atoms with Gasteiger partial charge >= 0.3 is 5.97 Å². The largest absolute Gasteiger partial charge is 0.451 e. The summed E-state index contributed by atoms with van der Waals surface area (Å²) >= 11 is 5.78. The molecule has 1 fully saturated rings. The number of anilines is 1. The zero-order chi connectivity index (χ0) is 18.5. The lowest BCUT2D eigenvalue weighted by molar-refractivity contribution is -0.119. The summed E-state index contributed by atoms with van der Waals surface area (Å²) in [6, 6.07) is 9.72. The maximum Gasteiger partial charge on any atom is 0.357 e. The number of carbonyl (C=O) groups is 3. The molecule has 0 saturated heterocycles. The molecule has 2 amide bonds. The van der Waals surface area contributed by atoms with Gasteiger partial charge in [-0.3, -0.25) is 9.59 Å². The van der Waals surface area contributed by atoms with E-state index in [0.717, 1.165) is 12.8 Å². The first-order chi connectivity index (χ1) is 12.5. The number of rotatable bonds is 6. The van der Waals surface area contributed by atoms with Crippen molar-refractivity contribution in [1.82, 2.24) is 10.3 Å². The number of hydrogen-bond donors (Lipinski definition) is 2. The Labute approximate surface area is 154 Å². The van der Waals surface area contributed by atoms with Gasteiger partial charge in [-0.05, 0) is 37.1 Å². The monoisotopic (exact) mass is 373 g/mol. The second kappa shape index (κ2) is 7.97. The quantitative estimate of drug-likeness (QED) is 0.758. The molecule has 134 valence electrons. The van der Waals surface area contributed by atoms with Crippen LogP contribution < -0.4 is 10.6 Å². The van der Waals surface area contributed by atoms with E-state index >= 15 is 0 Å². The highest BCUT2D eigenvalue weighted by atomic mass is 35.5. The van der Waals surface area contributed by atoms with E-state index in [1.807, 2.05) is 0 Å². The van der Waals surface area contributed by atoms with E-state index in [-0.39, 0.29) is 17.6 Å². The lowest BCUT2D eigenvalue weighted by Crippen LogP contribution is -2.28. The van der Waals surface area contributed by atoms with Gasteiger partial charge in [-0.1, -0.05) is 23.7 Å². The number of halogens is 1. The van der Waals surface area contributed by atoms with Crippen molar-refractivity contribution in [3.63, 3.8) is 0 Å². The summed E-state index contributed by atoms with van der Waals surface area (Å²) in [4.78, 5) is 40.0. The van der Waals surface area contributed by atoms with E-state index in [1.165, 1.54) is 18.3 Å². The fraction of sp³-hybridized carbons (Fsp3) is 0.222. The Kier molecular flexibility index (Phi) is 5.48. The molecule has 1 heterocycles. The fourth-order valence-electron chi connectivity index (χ4n) is 2.19. The number of carbonyl (C=O) groups excluding carboxylic acids is 3. The molecule has 2 aromatic rings. The number of pyridine rings is 1. The third-order valence-corrected chi connectivity index (χ3v) is 3.86. The summed E-state index contributed by atoms with van der Waals surface area (Å²) in [5.74, 6) is -1.57. The van der Waals surface area contributed by atoms with Crippen LogP contribution in [0.4, 0.5) is 5.69 Å². The third kappa shape index (κ3) is 4.80. The van der Waals surface area contributed by atoms with E-state index in [9.17, 15) is 14.4 Å². The first-order valence-electron chi connectivity index (χ1n) is 8.01. The lowest BCUT2D eigenvalue weighted by Gasteiger charge is -2.11. The Bertz CT molecular complexity index is 852. The highest BCUT2D eigenvalue weighted by Crippen LogP contribution is 2.21. The Balaban J connectivity index is 1.58. The standard InChI is InChI=1S/C18H16ClN3O4/c19-11-7-8-20-15(9-11)18(25)26-10-16(23)22-14-4-2-1-3-13(14)17(24)21-12-5-6-12/h1-4,7-9,12H,5-6,10H2,(H,21,24)(H,22,23). The van der Waals surface area contributed by atoms with Crippen LogP contribution >= 0.6 is 11.6 Å². The molecule has 26 heavy (non-hydrogen) atoms. The molecule has 1 aliphatic rings. The third-order valence-electron chi connectivity index (χ3n) is 3.62. The Hall–Kier alpha value is -2.93. The molecule has 0 spiro atoms. The van der Waals surface area contributed by atoms with Crippen molar-refractivity contribution in [3.05, 3.63) is 58.9 Å². The van der Waals surface area contributed by atoms with E-state index in [1.54, 1.807) is 24.3 Å². The van der Waals surface area contributed by atoms with E-state index < -0.39 is 18.5 Å². The minimum absolute atomic E-state index is 0.00881. The highest BCUT2D eigenvalue weighted by molar-refractivity contribution is 6.30. The van der Waals surface area contributed by atoms with Crippen LogP contribution in [0.15, 0.2) is 42.6 Å². The van der Waals surface area contributed by atoms with Crippen molar-refractivity contribution in [1.29, 1.82) is 0 Å². The zero-order valence-electron chi connectivity index (χ0n) is 13.7. The van der Waals surface area contributed by atoms with Crippen LogP contribution in [0.25, 0.3) is 0 Å². The van der Waals surface area contributed by atoms with Crippen LogP contribution in [0.3, 0.4) is 0 Å². The summed E-state index contributed by atoms with van der Waals surface area (Å²) in [5, 5.41) is 5.78. The molecule has 1 aliphatic carbocycles. The van der Waals surface area contributed by atoms with Crippen molar-refractivity contribution in [2.45, 2.75) is 18.9 Å². The molecule has 0 aliphatic heterocycles. The van der Waals surface area contributed by atoms with Crippen molar-refractivity contribution in [2.24, 2.45) is 0 Å². The van der Waals surface area contributed by atoms with E-state index in [0.29, 0.717) is 16.3 Å². The first-order valence-corrected chi connectivity index (χ1v) is 8.39. The Morgan fingerprint density at radius 3 is 2.69 bits per heavy atom. The minimum Gasteiger partial charge on any atom is -0.451 e. The van der Waals surface area contributed by atoms with E-state index in [2.05, 4.69) is 15.6 Å². The number of para-hydroxylation sites is 1. The predicted octanol–water partition coefficient (Wildman–Crippen LogP) is 2.42. The second-order valence-electron chi connectivity index (χ2n) is 5.78.